The Morgan fingerprint density at radius 1 is 1.38 bits per heavy atom. The van der Waals surface area contributed by atoms with Crippen LogP contribution in [0.1, 0.15) is 22.2 Å². The number of hydrogen-bond acceptors (Lipinski definition) is 6. The molecule has 0 aliphatic rings. The van der Waals surface area contributed by atoms with Gasteiger partial charge in [0, 0.05) is 0 Å². The molecule has 2 heterocycles. The number of aromatic nitrogens is 4. The van der Waals surface area contributed by atoms with E-state index < -0.39 is 5.60 Å². The van der Waals surface area contributed by atoms with Gasteiger partial charge in [0.2, 0.25) is 0 Å². The van der Waals surface area contributed by atoms with E-state index in [0.29, 0.717) is 16.1 Å². The van der Waals surface area contributed by atoms with Crippen LogP contribution in [0.25, 0.3) is 5.69 Å². The van der Waals surface area contributed by atoms with Crippen LogP contribution in [0.4, 0.5) is 4.39 Å². The quantitative estimate of drug-likeness (QED) is 0.730. The van der Waals surface area contributed by atoms with Gasteiger partial charge in [-0.2, -0.15) is 4.68 Å². The minimum absolute atomic E-state index is 0.0234. The molecule has 1 atom stereocenters. The first-order valence-corrected chi connectivity index (χ1v) is 7.93. The number of benzene rings is 1. The average molecular weight is 347 g/mol. The lowest BCUT2D eigenvalue weighted by Gasteiger charge is -2.24. The highest BCUT2D eigenvalue weighted by molar-refractivity contribution is 7.12. The molecule has 0 saturated carbocycles. The van der Waals surface area contributed by atoms with Crippen molar-refractivity contribution in [2.75, 3.05) is 6.54 Å². The predicted octanol–water partition coefficient (Wildman–Crippen LogP) is 1.50. The SMILES string of the molecule is CC(O)(CNC(=O)c1sccc1-n1cnnn1)c1ccc(F)cc1. The first-order chi connectivity index (χ1) is 11.5. The van der Waals surface area contributed by atoms with Gasteiger partial charge in [0.1, 0.15) is 22.6 Å². The Morgan fingerprint density at radius 2 is 2.12 bits per heavy atom. The van der Waals surface area contributed by atoms with E-state index in [1.807, 2.05) is 0 Å². The van der Waals surface area contributed by atoms with Gasteiger partial charge in [-0.3, -0.25) is 4.79 Å². The molecule has 7 nitrogen and oxygen atoms in total. The molecule has 2 N–H and O–H groups in total. The van der Waals surface area contributed by atoms with Gasteiger partial charge >= 0.3 is 0 Å². The van der Waals surface area contributed by atoms with Crippen LogP contribution in [0, 0.1) is 5.82 Å². The second-order valence-corrected chi connectivity index (χ2v) is 6.27. The van der Waals surface area contributed by atoms with Crippen molar-refractivity contribution in [3.8, 4) is 5.69 Å². The molecule has 1 amide bonds. The van der Waals surface area contributed by atoms with Crippen LogP contribution < -0.4 is 5.32 Å². The summed E-state index contributed by atoms with van der Waals surface area (Å²) in [6.45, 7) is 1.53. The molecule has 0 spiro atoms. The van der Waals surface area contributed by atoms with Crippen molar-refractivity contribution in [3.63, 3.8) is 0 Å². The van der Waals surface area contributed by atoms with Gasteiger partial charge in [0.25, 0.3) is 5.91 Å². The average Bonchev–Trinajstić information content (AvgIpc) is 3.23. The molecule has 0 aliphatic carbocycles. The van der Waals surface area contributed by atoms with E-state index in [1.165, 1.54) is 46.6 Å². The van der Waals surface area contributed by atoms with E-state index in [1.54, 1.807) is 18.4 Å². The molecule has 0 radical (unpaired) electrons. The number of carbonyl (C=O) groups is 1. The second-order valence-electron chi connectivity index (χ2n) is 5.35. The molecule has 0 bridgehead atoms. The third-order valence-corrected chi connectivity index (χ3v) is 4.41. The Labute approximate surface area is 140 Å². The lowest BCUT2D eigenvalue weighted by atomic mass is 9.96. The minimum Gasteiger partial charge on any atom is -0.384 e. The van der Waals surface area contributed by atoms with Gasteiger partial charge in [-0.1, -0.05) is 12.1 Å². The molecule has 124 valence electrons. The van der Waals surface area contributed by atoms with Crippen LogP contribution in [0.15, 0.2) is 42.0 Å². The van der Waals surface area contributed by atoms with E-state index in [-0.39, 0.29) is 18.3 Å². The fourth-order valence-electron chi connectivity index (χ4n) is 2.17. The minimum atomic E-state index is -1.32. The van der Waals surface area contributed by atoms with Gasteiger partial charge < -0.3 is 10.4 Å². The first-order valence-electron chi connectivity index (χ1n) is 7.05. The molecular formula is C15H14FN5O2S. The maximum Gasteiger partial charge on any atom is 0.263 e. The highest BCUT2D eigenvalue weighted by Gasteiger charge is 2.25. The summed E-state index contributed by atoms with van der Waals surface area (Å²) < 4.78 is 14.4. The van der Waals surface area contributed by atoms with Crippen molar-refractivity contribution in [1.82, 2.24) is 25.5 Å². The topological polar surface area (TPSA) is 92.9 Å². The number of aliphatic hydroxyl groups is 1. The van der Waals surface area contributed by atoms with Gasteiger partial charge in [-0.05, 0) is 46.5 Å². The fraction of sp³-hybridized carbons (Fsp3) is 0.200. The fourth-order valence-corrected chi connectivity index (χ4v) is 2.96. The maximum atomic E-state index is 13.0. The van der Waals surface area contributed by atoms with E-state index in [4.69, 9.17) is 0 Å². The van der Waals surface area contributed by atoms with Crippen molar-refractivity contribution >= 4 is 17.2 Å². The van der Waals surface area contributed by atoms with E-state index in [0.717, 1.165) is 0 Å². The second kappa shape index (κ2) is 6.46. The van der Waals surface area contributed by atoms with Crippen LogP contribution in [0.2, 0.25) is 0 Å². The number of hydrogen-bond donors (Lipinski definition) is 2. The van der Waals surface area contributed by atoms with Crippen molar-refractivity contribution in [2.24, 2.45) is 0 Å². The normalized spacial score (nSPS) is 13.5. The number of thiophene rings is 1. The van der Waals surface area contributed by atoms with Crippen LogP contribution in [-0.4, -0.2) is 37.8 Å². The van der Waals surface area contributed by atoms with Crippen molar-refractivity contribution in [1.29, 1.82) is 0 Å². The van der Waals surface area contributed by atoms with E-state index >= 15 is 0 Å². The molecule has 9 heteroatoms. The molecule has 0 aliphatic heterocycles. The van der Waals surface area contributed by atoms with Gasteiger partial charge in [-0.25, -0.2) is 4.39 Å². The van der Waals surface area contributed by atoms with Crippen molar-refractivity contribution < 1.29 is 14.3 Å². The number of amides is 1. The predicted molar refractivity (Wildman–Crippen MR) is 85.3 cm³/mol. The third-order valence-electron chi connectivity index (χ3n) is 3.51. The monoisotopic (exact) mass is 347 g/mol. The summed E-state index contributed by atoms with van der Waals surface area (Å²) in [5.41, 5.74) is -0.254. The van der Waals surface area contributed by atoms with Crippen LogP contribution in [-0.2, 0) is 5.60 Å². The molecule has 1 unspecified atom stereocenters. The van der Waals surface area contributed by atoms with Crippen molar-refractivity contribution in [3.05, 3.63) is 58.3 Å². The third kappa shape index (κ3) is 3.31. The summed E-state index contributed by atoms with van der Waals surface area (Å²) in [5.74, 6) is -0.735. The number of carbonyl (C=O) groups excluding carboxylic acids is 1. The smallest absolute Gasteiger partial charge is 0.263 e. The summed E-state index contributed by atoms with van der Waals surface area (Å²) in [6, 6.07) is 7.23. The zero-order chi connectivity index (χ0) is 17.2. The molecule has 3 rings (SSSR count). The molecular weight excluding hydrogens is 333 g/mol. The number of nitrogens with zero attached hydrogens (tertiary/aromatic N) is 4. The van der Waals surface area contributed by atoms with E-state index in [9.17, 15) is 14.3 Å². The number of nitrogens with one attached hydrogen (secondary N) is 1. The summed E-state index contributed by atoms with van der Waals surface area (Å²) in [4.78, 5) is 12.8. The van der Waals surface area contributed by atoms with Gasteiger partial charge in [0.05, 0.1) is 12.2 Å². The van der Waals surface area contributed by atoms with Crippen LogP contribution in [0.3, 0.4) is 0 Å². The Balaban J connectivity index is 1.72. The zero-order valence-electron chi connectivity index (χ0n) is 12.7. The largest absolute Gasteiger partial charge is 0.384 e. The van der Waals surface area contributed by atoms with Crippen molar-refractivity contribution in [2.45, 2.75) is 12.5 Å². The Morgan fingerprint density at radius 3 is 2.79 bits per heavy atom. The molecule has 1 aromatic carbocycles. The summed E-state index contributed by atoms with van der Waals surface area (Å²) >= 11 is 1.24. The Hall–Kier alpha value is -2.65. The van der Waals surface area contributed by atoms with Gasteiger partial charge in [0.15, 0.2) is 0 Å². The van der Waals surface area contributed by atoms with E-state index in [2.05, 4.69) is 20.8 Å². The molecule has 24 heavy (non-hydrogen) atoms. The van der Waals surface area contributed by atoms with Crippen LogP contribution >= 0.6 is 11.3 Å². The Kier molecular flexibility index (Phi) is 4.36. The maximum absolute atomic E-state index is 13.0. The zero-order valence-corrected chi connectivity index (χ0v) is 13.5. The lowest BCUT2D eigenvalue weighted by molar-refractivity contribution is 0.0527. The number of halogens is 1. The summed E-state index contributed by atoms with van der Waals surface area (Å²) in [5, 5.41) is 25.8. The first kappa shape index (κ1) is 16.2. The lowest BCUT2D eigenvalue weighted by Crippen LogP contribution is -2.38. The summed E-state index contributed by atoms with van der Waals surface area (Å²) in [7, 11) is 0. The van der Waals surface area contributed by atoms with Gasteiger partial charge in [-0.15, -0.1) is 16.4 Å². The Bertz CT molecular complexity index is 830. The number of rotatable bonds is 5. The standard InChI is InChI=1S/C15H14FN5O2S/c1-15(23,10-2-4-11(16)5-3-10)8-17-14(22)13-12(6-7-24-13)21-9-18-19-20-21/h2-7,9,23H,8H2,1H3,(H,17,22). The molecule has 0 fully saturated rings. The highest BCUT2D eigenvalue weighted by Crippen LogP contribution is 2.22. The molecule has 0 saturated heterocycles. The molecule has 2 aromatic heterocycles. The molecule has 3 aromatic rings. The summed E-state index contributed by atoms with van der Waals surface area (Å²) in [6.07, 6.45) is 1.40. The highest BCUT2D eigenvalue weighted by atomic mass is 32.1. The van der Waals surface area contributed by atoms with Crippen LogP contribution in [0.5, 0.6) is 0 Å². The number of tetrazole rings is 1.